The fraction of sp³-hybridized carbons (Fsp3) is 0.714. The van der Waals surface area contributed by atoms with Crippen LogP contribution in [0.15, 0.2) is 10.3 Å². The Kier molecular flexibility index (Phi) is 6.51. The summed E-state index contributed by atoms with van der Waals surface area (Å²) in [6.45, 7) is 11.0. The van der Waals surface area contributed by atoms with Gasteiger partial charge in [0.2, 0.25) is 10.0 Å². The standard InChI is InChI=1S/C14H24ClNO2S2/c1-10(2)7-16(8-11(3)4)20(17,18)14-12(5)9-19-13(14)6-15/h9-11H,6-8H2,1-5H3. The molecule has 20 heavy (non-hydrogen) atoms. The molecule has 6 heteroatoms. The van der Waals surface area contributed by atoms with Gasteiger partial charge in [-0.2, -0.15) is 4.31 Å². The van der Waals surface area contributed by atoms with Crippen molar-refractivity contribution in [1.29, 1.82) is 0 Å². The number of sulfonamides is 1. The number of nitrogens with zero attached hydrogens (tertiary/aromatic N) is 1. The Morgan fingerprint density at radius 2 is 1.70 bits per heavy atom. The molecule has 0 aliphatic heterocycles. The molecule has 1 rings (SSSR count). The highest BCUT2D eigenvalue weighted by Gasteiger charge is 2.30. The highest BCUT2D eigenvalue weighted by molar-refractivity contribution is 7.89. The molecule has 0 spiro atoms. The largest absolute Gasteiger partial charge is 0.244 e. The Bertz CT molecular complexity index is 525. The quantitative estimate of drug-likeness (QED) is 0.702. The maximum atomic E-state index is 12.9. The van der Waals surface area contributed by atoms with Gasteiger partial charge < -0.3 is 0 Å². The number of alkyl halides is 1. The zero-order valence-electron chi connectivity index (χ0n) is 12.8. The molecule has 1 heterocycles. The van der Waals surface area contributed by atoms with E-state index in [1.807, 2.05) is 40.0 Å². The van der Waals surface area contributed by atoms with Crippen molar-refractivity contribution in [2.24, 2.45) is 11.8 Å². The van der Waals surface area contributed by atoms with Crippen LogP contribution in [0.2, 0.25) is 0 Å². The van der Waals surface area contributed by atoms with E-state index in [0.29, 0.717) is 29.8 Å². The fourth-order valence-electron chi connectivity index (χ4n) is 2.14. The van der Waals surface area contributed by atoms with Gasteiger partial charge in [0.1, 0.15) is 4.90 Å². The normalized spacial score (nSPS) is 12.8. The molecule has 0 fully saturated rings. The number of halogens is 1. The molecule has 0 aromatic carbocycles. The Hall–Kier alpha value is -0.100. The smallest absolute Gasteiger partial charge is 0.207 e. The van der Waals surface area contributed by atoms with E-state index < -0.39 is 10.0 Å². The number of hydrogen-bond acceptors (Lipinski definition) is 3. The minimum Gasteiger partial charge on any atom is -0.207 e. The molecule has 0 unspecified atom stereocenters. The van der Waals surface area contributed by atoms with Gasteiger partial charge in [0.25, 0.3) is 0 Å². The first-order valence-electron chi connectivity index (χ1n) is 6.83. The highest BCUT2D eigenvalue weighted by Crippen LogP contribution is 2.31. The molecule has 0 saturated carbocycles. The van der Waals surface area contributed by atoms with E-state index in [1.165, 1.54) is 11.3 Å². The SMILES string of the molecule is Cc1csc(CCl)c1S(=O)(=O)N(CC(C)C)CC(C)C. The minimum absolute atomic E-state index is 0.240. The van der Waals surface area contributed by atoms with Gasteiger partial charge in [0.15, 0.2) is 0 Å². The molecule has 0 aliphatic rings. The first-order chi connectivity index (χ1) is 9.20. The molecule has 0 aliphatic carbocycles. The van der Waals surface area contributed by atoms with Crippen LogP contribution in [-0.4, -0.2) is 25.8 Å². The summed E-state index contributed by atoms with van der Waals surface area (Å²) in [7, 11) is -3.46. The third-order valence-corrected chi connectivity index (χ3v) is 6.57. The van der Waals surface area contributed by atoms with Crippen LogP contribution in [0.25, 0.3) is 0 Å². The molecule has 0 atom stereocenters. The minimum atomic E-state index is -3.46. The lowest BCUT2D eigenvalue weighted by Gasteiger charge is -2.26. The van der Waals surface area contributed by atoms with Crippen molar-refractivity contribution < 1.29 is 8.42 Å². The third kappa shape index (κ3) is 4.20. The van der Waals surface area contributed by atoms with Crippen molar-refractivity contribution in [2.75, 3.05) is 13.1 Å². The predicted molar refractivity (Wildman–Crippen MR) is 87.0 cm³/mol. The Labute approximate surface area is 132 Å². The van der Waals surface area contributed by atoms with E-state index in [9.17, 15) is 8.42 Å². The van der Waals surface area contributed by atoms with Crippen molar-refractivity contribution >= 4 is 33.0 Å². The second kappa shape index (κ2) is 7.25. The maximum absolute atomic E-state index is 12.9. The summed E-state index contributed by atoms with van der Waals surface area (Å²) in [5.74, 6) is 0.827. The van der Waals surface area contributed by atoms with Crippen LogP contribution < -0.4 is 0 Å². The topological polar surface area (TPSA) is 37.4 Å². The first kappa shape index (κ1) is 18.0. The lowest BCUT2D eigenvalue weighted by atomic mass is 10.2. The maximum Gasteiger partial charge on any atom is 0.244 e. The average molecular weight is 338 g/mol. The number of hydrogen-bond donors (Lipinski definition) is 0. The van der Waals surface area contributed by atoms with Crippen molar-refractivity contribution in [3.8, 4) is 0 Å². The molecular weight excluding hydrogens is 314 g/mol. The van der Waals surface area contributed by atoms with Gasteiger partial charge in [-0.15, -0.1) is 22.9 Å². The second-order valence-electron chi connectivity index (χ2n) is 5.91. The van der Waals surface area contributed by atoms with E-state index in [0.717, 1.165) is 10.4 Å². The summed E-state index contributed by atoms with van der Waals surface area (Å²) in [6.07, 6.45) is 0. The molecule has 1 aromatic heterocycles. The van der Waals surface area contributed by atoms with Crippen LogP contribution in [0.3, 0.4) is 0 Å². The van der Waals surface area contributed by atoms with Gasteiger partial charge in [-0.3, -0.25) is 0 Å². The number of aryl methyl sites for hydroxylation is 1. The molecule has 0 bridgehead atoms. The summed E-state index contributed by atoms with van der Waals surface area (Å²) < 4.78 is 27.5. The Morgan fingerprint density at radius 3 is 2.10 bits per heavy atom. The lowest BCUT2D eigenvalue weighted by molar-refractivity contribution is 0.333. The van der Waals surface area contributed by atoms with Crippen LogP contribution in [0.1, 0.15) is 38.1 Å². The molecule has 116 valence electrons. The van der Waals surface area contributed by atoms with Crippen LogP contribution in [0, 0.1) is 18.8 Å². The van der Waals surface area contributed by atoms with Crippen molar-refractivity contribution in [3.05, 3.63) is 15.8 Å². The van der Waals surface area contributed by atoms with E-state index in [2.05, 4.69) is 0 Å². The number of thiophene rings is 1. The van der Waals surface area contributed by atoms with Gasteiger partial charge in [-0.1, -0.05) is 27.7 Å². The second-order valence-corrected chi connectivity index (χ2v) is 9.02. The van der Waals surface area contributed by atoms with Crippen molar-refractivity contribution in [3.63, 3.8) is 0 Å². The summed E-state index contributed by atoms with van der Waals surface area (Å²) in [6, 6.07) is 0. The van der Waals surface area contributed by atoms with E-state index in [1.54, 1.807) is 4.31 Å². The Morgan fingerprint density at radius 1 is 1.20 bits per heavy atom. The monoisotopic (exact) mass is 337 g/mol. The molecule has 3 nitrogen and oxygen atoms in total. The van der Waals surface area contributed by atoms with Gasteiger partial charge in [0.05, 0.1) is 5.88 Å². The molecule has 0 saturated heterocycles. The summed E-state index contributed by atoms with van der Waals surface area (Å²) >= 11 is 7.32. The van der Waals surface area contributed by atoms with E-state index in [4.69, 9.17) is 11.6 Å². The zero-order chi connectivity index (χ0) is 15.5. The van der Waals surface area contributed by atoms with Gasteiger partial charge in [0, 0.05) is 18.0 Å². The fourth-order valence-corrected chi connectivity index (χ4v) is 5.92. The third-order valence-electron chi connectivity index (χ3n) is 2.85. The van der Waals surface area contributed by atoms with E-state index in [-0.39, 0.29) is 5.88 Å². The highest BCUT2D eigenvalue weighted by atomic mass is 35.5. The van der Waals surface area contributed by atoms with Gasteiger partial charge >= 0.3 is 0 Å². The van der Waals surface area contributed by atoms with E-state index >= 15 is 0 Å². The predicted octanol–water partition coefficient (Wildman–Crippen LogP) is 4.10. The van der Waals surface area contributed by atoms with Crippen LogP contribution >= 0.6 is 22.9 Å². The molecular formula is C14H24ClNO2S2. The van der Waals surface area contributed by atoms with Gasteiger partial charge in [-0.25, -0.2) is 8.42 Å². The summed E-state index contributed by atoms with van der Waals surface area (Å²) in [5.41, 5.74) is 0.795. The van der Waals surface area contributed by atoms with Crippen LogP contribution in [0.5, 0.6) is 0 Å². The number of rotatable bonds is 7. The first-order valence-corrected chi connectivity index (χ1v) is 9.68. The van der Waals surface area contributed by atoms with Crippen molar-refractivity contribution in [2.45, 2.75) is 45.4 Å². The van der Waals surface area contributed by atoms with Crippen molar-refractivity contribution in [1.82, 2.24) is 4.31 Å². The molecule has 1 aromatic rings. The van der Waals surface area contributed by atoms with Crippen LogP contribution in [-0.2, 0) is 15.9 Å². The summed E-state index contributed by atoms with van der Waals surface area (Å²) in [5, 5.41) is 1.87. The van der Waals surface area contributed by atoms with Gasteiger partial charge in [-0.05, 0) is 29.7 Å². The average Bonchev–Trinajstić information content (AvgIpc) is 2.68. The molecule has 0 N–H and O–H groups in total. The molecule has 0 amide bonds. The van der Waals surface area contributed by atoms with Crippen LogP contribution in [0.4, 0.5) is 0 Å². The Balaban J connectivity index is 3.24. The lowest BCUT2D eigenvalue weighted by Crippen LogP contribution is -2.37. The zero-order valence-corrected chi connectivity index (χ0v) is 15.2. The summed E-state index contributed by atoms with van der Waals surface area (Å²) in [4.78, 5) is 1.15. The molecule has 0 radical (unpaired) electrons.